The number of benzene rings is 2. The maximum absolute atomic E-state index is 12.0. The molecule has 0 aliphatic rings. The fraction of sp³-hybridized carbons (Fsp3) is 0.222. The average Bonchev–Trinajstić information content (AvgIpc) is 2.59. The molecule has 0 aliphatic heterocycles. The third-order valence-corrected chi connectivity index (χ3v) is 3.66. The highest BCUT2D eigenvalue weighted by Gasteiger charge is 2.11. The topological polar surface area (TPSA) is 67.4 Å². The van der Waals surface area contributed by atoms with E-state index < -0.39 is 5.91 Å². The molecule has 0 spiro atoms. The predicted octanol–water partition coefficient (Wildman–Crippen LogP) is 3.13. The number of amides is 2. The summed E-state index contributed by atoms with van der Waals surface area (Å²) < 4.78 is 5.52. The Morgan fingerprint density at radius 1 is 1.04 bits per heavy atom. The second-order valence-corrected chi connectivity index (χ2v) is 5.43. The van der Waals surface area contributed by atoms with E-state index in [-0.39, 0.29) is 12.3 Å². The number of hydrazine groups is 1. The lowest BCUT2D eigenvalue weighted by atomic mass is 10.1. The first-order chi connectivity index (χ1) is 11.6. The first kappa shape index (κ1) is 17.8. The fourth-order valence-electron chi connectivity index (χ4n) is 2.16. The Balaban J connectivity index is 1.84. The molecule has 2 amide bonds. The molecule has 5 nitrogen and oxygen atoms in total. The molecule has 0 aliphatic carbocycles. The van der Waals surface area contributed by atoms with Crippen molar-refractivity contribution in [2.75, 3.05) is 6.61 Å². The zero-order chi connectivity index (χ0) is 17.4. The van der Waals surface area contributed by atoms with Crippen LogP contribution in [-0.4, -0.2) is 18.4 Å². The van der Waals surface area contributed by atoms with E-state index in [1.165, 1.54) is 0 Å². The normalized spacial score (nSPS) is 10.1. The van der Waals surface area contributed by atoms with Crippen molar-refractivity contribution < 1.29 is 14.3 Å². The van der Waals surface area contributed by atoms with E-state index in [0.717, 1.165) is 11.3 Å². The number of hydrogen-bond donors (Lipinski definition) is 2. The van der Waals surface area contributed by atoms with Crippen LogP contribution in [0.5, 0.6) is 5.75 Å². The largest absolute Gasteiger partial charge is 0.494 e. The minimum Gasteiger partial charge on any atom is -0.494 e. The molecule has 0 aromatic heterocycles. The van der Waals surface area contributed by atoms with Gasteiger partial charge in [-0.3, -0.25) is 20.4 Å². The Kier molecular flexibility index (Phi) is 6.63. The van der Waals surface area contributed by atoms with Crippen LogP contribution in [0.15, 0.2) is 48.5 Å². The van der Waals surface area contributed by atoms with E-state index in [1.807, 2.05) is 31.2 Å². The van der Waals surface area contributed by atoms with Crippen LogP contribution in [0, 0.1) is 0 Å². The average molecular weight is 347 g/mol. The summed E-state index contributed by atoms with van der Waals surface area (Å²) in [5.41, 5.74) is 6.01. The van der Waals surface area contributed by atoms with E-state index in [0.29, 0.717) is 23.6 Å². The third kappa shape index (κ3) is 4.99. The summed E-state index contributed by atoms with van der Waals surface area (Å²) >= 11 is 5.94. The molecule has 0 heterocycles. The van der Waals surface area contributed by atoms with Gasteiger partial charge in [-0.2, -0.15) is 0 Å². The summed E-state index contributed by atoms with van der Waals surface area (Å²) in [6.07, 6.45) is 0.747. The van der Waals surface area contributed by atoms with Gasteiger partial charge in [-0.05, 0) is 37.1 Å². The van der Waals surface area contributed by atoms with E-state index in [9.17, 15) is 9.59 Å². The molecule has 0 bridgehead atoms. The zero-order valence-corrected chi connectivity index (χ0v) is 14.1. The third-order valence-electron chi connectivity index (χ3n) is 3.33. The van der Waals surface area contributed by atoms with Crippen LogP contribution in [0.25, 0.3) is 0 Å². The summed E-state index contributed by atoms with van der Waals surface area (Å²) in [5.74, 6) is 0.0262. The van der Waals surface area contributed by atoms with Crippen molar-refractivity contribution in [1.29, 1.82) is 0 Å². The van der Waals surface area contributed by atoms with Gasteiger partial charge < -0.3 is 4.74 Å². The standard InChI is InChI=1S/C18H19ClN2O3/c1-2-24-16-10-6-3-7-13(16)11-12-17(22)20-21-18(23)14-8-4-5-9-15(14)19/h3-10H,2,11-12H2,1H3,(H,20,22)(H,21,23). The number of para-hydroxylation sites is 1. The van der Waals surface area contributed by atoms with Crippen LogP contribution in [0.3, 0.4) is 0 Å². The molecule has 6 heteroatoms. The van der Waals surface area contributed by atoms with Crippen LogP contribution >= 0.6 is 11.6 Å². The Morgan fingerprint density at radius 2 is 1.75 bits per heavy atom. The highest BCUT2D eigenvalue weighted by Crippen LogP contribution is 2.19. The number of aryl methyl sites for hydroxylation is 1. The SMILES string of the molecule is CCOc1ccccc1CCC(=O)NNC(=O)c1ccccc1Cl. The predicted molar refractivity (Wildman–Crippen MR) is 93.0 cm³/mol. The van der Waals surface area contributed by atoms with Gasteiger partial charge in [0.25, 0.3) is 5.91 Å². The van der Waals surface area contributed by atoms with Crippen LogP contribution < -0.4 is 15.6 Å². The molecule has 0 radical (unpaired) electrons. The lowest BCUT2D eigenvalue weighted by molar-refractivity contribution is -0.121. The molecular formula is C18H19ClN2O3. The Labute approximate surface area is 145 Å². The molecule has 126 valence electrons. The maximum atomic E-state index is 12.0. The molecule has 0 saturated heterocycles. The van der Waals surface area contributed by atoms with Crippen LogP contribution in [0.4, 0.5) is 0 Å². The van der Waals surface area contributed by atoms with E-state index in [1.54, 1.807) is 24.3 Å². The van der Waals surface area contributed by atoms with Crippen molar-refractivity contribution in [2.24, 2.45) is 0 Å². The van der Waals surface area contributed by atoms with E-state index in [4.69, 9.17) is 16.3 Å². The van der Waals surface area contributed by atoms with Gasteiger partial charge in [0.15, 0.2) is 0 Å². The Bertz CT molecular complexity index is 719. The van der Waals surface area contributed by atoms with Crippen LogP contribution in [-0.2, 0) is 11.2 Å². The van der Waals surface area contributed by atoms with Gasteiger partial charge in [-0.15, -0.1) is 0 Å². The van der Waals surface area contributed by atoms with Crippen LogP contribution in [0.1, 0.15) is 29.3 Å². The number of hydrogen-bond acceptors (Lipinski definition) is 3. The number of halogens is 1. The van der Waals surface area contributed by atoms with Gasteiger partial charge in [0.1, 0.15) is 5.75 Å². The maximum Gasteiger partial charge on any atom is 0.271 e. The Hall–Kier alpha value is -2.53. The number of nitrogens with one attached hydrogen (secondary N) is 2. The molecule has 0 saturated carbocycles. The molecule has 0 fully saturated rings. The first-order valence-corrected chi connectivity index (χ1v) is 8.04. The van der Waals surface area contributed by atoms with Crippen molar-refractivity contribution in [3.8, 4) is 5.75 Å². The summed E-state index contributed by atoms with van der Waals surface area (Å²) in [4.78, 5) is 23.9. The van der Waals surface area contributed by atoms with Crippen LogP contribution in [0.2, 0.25) is 5.02 Å². The minimum absolute atomic E-state index is 0.229. The van der Waals surface area contributed by atoms with Gasteiger partial charge in [0.05, 0.1) is 17.2 Å². The highest BCUT2D eigenvalue weighted by molar-refractivity contribution is 6.33. The van der Waals surface area contributed by atoms with Gasteiger partial charge in [-0.25, -0.2) is 0 Å². The van der Waals surface area contributed by atoms with Crippen molar-refractivity contribution in [2.45, 2.75) is 19.8 Å². The summed E-state index contributed by atoms with van der Waals surface area (Å²) in [5, 5.41) is 0.329. The van der Waals surface area contributed by atoms with Crippen molar-refractivity contribution in [1.82, 2.24) is 10.9 Å². The summed E-state index contributed by atoms with van der Waals surface area (Å²) in [6, 6.07) is 14.2. The number of rotatable bonds is 6. The molecule has 0 atom stereocenters. The van der Waals surface area contributed by atoms with Crippen molar-refractivity contribution >= 4 is 23.4 Å². The monoisotopic (exact) mass is 346 g/mol. The fourth-order valence-corrected chi connectivity index (χ4v) is 2.38. The highest BCUT2D eigenvalue weighted by atomic mass is 35.5. The Morgan fingerprint density at radius 3 is 2.50 bits per heavy atom. The molecular weight excluding hydrogens is 328 g/mol. The van der Waals surface area contributed by atoms with Crippen molar-refractivity contribution in [3.05, 3.63) is 64.7 Å². The number of carbonyl (C=O) groups is 2. The van der Waals surface area contributed by atoms with Gasteiger partial charge >= 0.3 is 0 Å². The lowest BCUT2D eigenvalue weighted by Gasteiger charge is -2.11. The van der Waals surface area contributed by atoms with E-state index in [2.05, 4.69) is 10.9 Å². The smallest absolute Gasteiger partial charge is 0.271 e. The molecule has 2 N–H and O–H groups in total. The minimum atomic E-state index is -0.455. The molecule has 2 aromatic rings. The molecule has 24 heavy (non-hydrogen) atoms. The summed E-state index contributed by atoms with van der Waals surface area (Å²) in [6.45, 7) is 2.48. The first-order valence-electron chi connectivity index (χ1n) is 7.66. The van der Waals surface area contributed by atoms with E-state index >= 15 is 0 Å². The van der Waals surface area contributed by atoms with Crippen molar-refractivity contribution in [3.63, 3.8) is 0 Å². The van der Waals surface area contributed by atoms with Gasteiger partial charge in [0.2, 0.25) is 5.91 Å². The van der Waals surface area contributed by atoms with Gasteiger partial charge in [0, 0.05) is 6.42 Å². The zero-order valence-electron chi connectivity index (χ0n) is 13.3. The molecule has 2 aromatic carbocycles. The second kappa shape index (κ2) is 8.93. The lowest BCUT2D eigenvalue weighted by Crippen LogP contribution is -2.41. The quantitative estimate of drug-likeness (QED) is 0.790. The van der Waals surface area contributed by atoms with Gasteiger partial charge in [-0.1, -0.05) is 41.9 Å². The number of ether oxygens (including phenoxy) is 1. The second-order valence-electron chi connectivity index (χ2n) is 5.02. The molecule has 0 unspecified atom stereocenters. The molecule has 2 rings (SSSR count). The summed E-state index contributed by atoms with van der Waals surface area (Å²) in [7, 11) is 0. The number of carbonyl (C=O) groups excluding carboxylic acids is 2.